The summed E-state index contributed by atoms with van der Waals surface area (Å²) in [5, 5.41) is 3.23. The molecular formula is C16H14N4. The van der Waals surface area contributed by atoms with Gasteiger partial charge in [-0.2, -0.15) is 0 Å². The lowest BCUT2D eigenvalue weighted by Crippen LogP contribution is -1.99. The minimum absolute atomic E-state index is 0.572. The molecular weight excluding hydrogens is 248 g/mol. The molecule has 4 heteroatoms. The Morgan fingerprint density at radius 3 is 2.45 bits per heavy atom. The van der Waals surface area contributed by atoms with Gasteiger partial charge in [0.15, 0.2) is 0 Å². The zero-order valence-corrected chi connectivity index (χ0v) is 11.1. The highest BCUT2D eigenvalue weighted by Crippen LogP contribution is 2.19. The van der Waals surface area contributed by atoms with Crippen LogP contribution < -0.4 is 5.32 Å². The van der Waals surface area contributed by atoms with Crippen LogP contribution in [-0.4, -0.2) is 15.0 Å². The molecule has 0 amide bonds. The number of aryl methyl sites for hydroxylation is 1. The lowest BCUT2D eigenvalue weighted by atomic mass is 10.2. The summed E-state index contributed by atoms with van der Waals surface area (Å²) >= 11 is 0. The van der Waals surface area contributed by atoms with E-state index in [1.165, 1.54) is 0 Å². The van der Waals surface area contributed by atoms with Crippen LogP contribution in [0.5, 0.6) is 0 Å². The van der Waals surface area contributed by atoms with Crippen molar-refractivity contribution >= 4 is 11.6 Å². The number of aromatic nitrogens is 3. The van der Waals surface area contributed by atoms with Gasteiger partial charge in [0.2, 0.25) is 5.95 Å². The van der Waals surface area contributed by atoms with Crippen molar-refractivity contribution < 1.29 is 0 Å². The number of nitrogens with one attached hydrogen (secondary N) is 1. The van der Waals surface area contributed by atoms with Crippen LogP contribution in [0.2, 0.25) is 0 Å². The fraction of sp³-hybridized carbons (Fsp3) is 0.0625. The summed E-state index contributed by atoms with van der Waals surface area (Å²) in [7, 11) is 0. The lowest BCUT2D eigenvalue weighted by Gasteiger charge is -2.08. The SMILES string of the molecule is Cc1ccccc1Nc1nccc(-c2ccccn2)n1. The predicted octanol–water partition coefficient (Wildman–Crippen LogP) is 3.59. The van der Waals surface area contributed by atoms with Gasteiger partial charge in [-0.05, 0) is 36.8 Å². The van der Waals surface area contributed by atoms with E-state index in [4.69, 9.17) is 0 Å². The Bertz CT molecular complexity index is 710. The van der Waals surface area contributed by atoms with E-state index in [9.17, 15) is 0 Å². The third-order valence-corrected chi connectivity index (χ3v) is 2.97. The second kappa shape index (κ2) is 5.48. The highest BCUT2D eigenvalue weighted by atomic mass is 15.1. The first-order valence-electron chi connectivity index (χ1n) is 6.40. The number of pyridine rings is 1. The number of anilines is 2. The van der Waals surface area contributed by atoms with Gasteiger partial charge in [-0.1, -0.05) is 24.3 Å². The molecule has 0 atom stereocenters. The summed E-state index contributed by atoms with van der Waals surface area (Å²) in [5.41, 5.74) is 3.80. The van der Waals surface area contributed by atoms with Crippen LogP contribution in [0.3, 0.4) is 0 Å². The lowest BCUT2D eigenvalue weighted by molar-refractivity contribution is 1.15. The van der Waals surface area contributed by atoms with Crippen molar-refractivity contribution in [3.8, 4) is 11.4 Å². The molecule has 0 spiro atoms. The van der Waals surface area contributed by atoms with Gasteiger partial charge in [0.05, 0.1) is 11.4 Å². The molecule has 0 saturated carbocycles. The zero-order chi connectivity index (χ0) is 13.8. The molecule has 0 aliphatic carbocycles. The third-order valence-electron chi connectivity index (χ3n) is 2.97. The van der Waals surface area contributed by atoms with E-state index < -0.39 is 0 Å². The second-order valence-electron chi connectivity index (χ2n) is 4.42. The van der Waals surface area contributed by atoms with Crippen molar-refractivity contribution in [1.29, 1.82) is 0 Å². The van der Waals surface area contributed by atoms with Crippen molar-refractivity contribution in [2.75, 3.05) is 5.32 Å². The third kappa shape index (κ3) is 2.64. The van der Waals surface area contributed by atoms with Gasteiger partial charge in [0, 0.05) is 18.1 Å². The van der Waals surface area contributed by atoms with Crippen LogP contribution in [0.15, 0.2) is 60.9 Å². The van der Waals surface area contributed by atoms with Crippen LogP contribution in [-0.2, 0) is 0 Å². The van der Waals surface area contributed by atoms with E-state index in [-0.39, 0.29) is 0 Å². The summed E-state index contributed by atoms with van der Waals surface area (Å²) < 4.78 is 0. The van der Waals surface area contributed by atoms with Crippen molar-refractivity contribution in [3.05, 3.63) is 66.5 Å². The molecule has 2 aromatic heterocycles. The molecule has 0 aliphatic heterocycles. The molecule has 1 N–H and O–H groups in total. The first-order valence-corrected chi connectivity index (χ1v) is 6.40. The van der Waals surface area contributed by atoms with Crippen LogP contribution in [0.25, 0.3) is 11.4 Å². The monoisotopic (exact) mass is 262 g/mol. The fourth-order valence-corrected chi connectivity index (χ4v) is 1.91. The van der Waals surface area contributed by atoms with Crippen molar-refractivity contribution in [3.63, 3.8) is 0 Å². The molecule has 1 aromatic carbocycles. The largest absolute Gasteiger partial charge is 0.324 e. The van der Waals surface area contributed by atoms with Crippen molar-refractivity contribution in [2.45, 2.75) is 6.92 Å². The smallest absolute Gasteiger partial charge is 0.227 e. The van der Waals surface area contributed by atoms with Gasteiger partial charge in [0.25, 0.3) is 0 Å². The Hall–Kier alpha value is -2.75. The highest BCUT2D eigenvalue weighted by Gasteiger charge is 2.04. The molecule has 0 bridgehead atoms. The van der Waals surface area contributed by atoms with Crippen molar-refractivity contribution in [2.24, 2.45) is 0 Å². The van der Waals surface area contributed by atoms with Crippen LogP contribution in [0.1, 0.15) is 5.56 Å². The summed E-state index contributed by atoms with van der Waals surface area (Å²) in [5.74, 6) is 0.572. The number of hydrogen-bond acceptors (Lipinski definition) is 4. The fourth-order valence-electron chi connectivity index (χ4n) is 1.91. The number of nitrogens with zero attached hydrogens (tertiary/aromatic N) is 3. The van der Waals surface area contributed by atoms with E-state index >= 15 is 0 Å². The van der Waals surface area contributed by atoms with E-state index in [0.717, 1.165) is 22.6 Å². The summed E-state index contributed by atoms with van der Waals surface area (Å²) in [6.07, 6.45) is 3.49. The van der Waals surface area contributed by atoms with Crippen LogP contribution in [0, 0.1) is 6.92 Å². The zero-order valence-electron chi connectivity index (χ0n) is 11.1. The molecule has 3 aromatic rings. The minimum atomic E-state index is 0.572. The topological polar surface area (TPSA) is 50.7 Å². The maximum absolute atomic E-state index is 4.49. The van der Waals surface area contributed by atoms with Gasteiger partial charge in [-0.3, -0.25) is 4.98 Å². The Labute approximate surface area is 117 Å². The first-order chi connectivity index (χ1) is 9.83. The Morgan fingerprint density at radius 2 is 1.65 bits per heavy atom. The second-order valence-corrected chi connectivity index (χ2v) is 4.42. The Kier molecular flexibility index (Phi) is 3.37. The summed E-state index contributed by atoms with van der Waals surface area (Å²) in [6, 6.07) is 15.7. The van der Waals surface area contributed by atoms with Gasteiger partial charge < -0.3 is 5.32 Å². The molecule has 98 valence electrons. The van der Waals surface area contributed by atoms with E-state index in [2.05, 4.69) is 20.3 Å². The van der Waals surface area contributed by atoms with Gasteiger partial charge in [0.1, 0.15) is 0 Å². The molecule has 0 unspecified atom stereocenters. The molecule has 0 saturated heterocycles. The van der Waals surface area contributed by atoms with E-state index in [1.807, 2.05) is 55.5 Å². The number of rotatable bonds is 3. The summed E-state index contributed by atoms with van der Waals surface area (Å²) in [4.78, 5) is 13.0. The van der Waals surface area contributed by atoms with E-state index in [1.54, 1.807) is 12.4 Å². The molecule has 3 rings (SSSR count). The Morgan fingerprint density at radius 1 is 0.800 bits per heavy atom. The molecule has 20 heavy (non-hydrogen) atoms. The van der Waals surface area contributed by atoms with Crippen LogP contribution >= 0.6 is 0 Å². The normalized spacial score (nSPS) is 10.2. The predicted molar refractivity (Wildman–Crippen MR) is 79.7 cm³/mol. The van der Waals surface area contributed by atoms with Crippen molar-refractivity contribution in [1.82, 2.24) is 15.0 Å². The number of benzene rings is 1. The molecule has 0 aliphatic rings. The van der Waals surface area contributed by atoms with Gasteiger partial charge >= 0.3 is 0 Å². The Balaban J connectivity index is 1.91. The van der Waals surface area contributed by atoms with E-state index in [0.29, 0.717) is 5.95 Å². The average molecular weight is 262 g/mol. The standard InChI is InChI=1S/C16H14N4/c1-12-6-2-3-7-13(12)19-16-18-11-9-15(20-16)14-8-4-5-10-17-14/h2-11H,1H3,(H,18,19,20). The maximum atomic E-state index is 4.49. The average Bonchev–Trinajstić information content (AvgIpc) is 2.51. The maximum Gasteiger partial charge on any atom is 0.227 e. The minimum Gasteiger partial charge on any atom is -0.324 e. The number of hydrogen-bond donors (Lipinski definition) is 1. The highest BCUT2D eigenvalue weighted by molar-refractivity contribution is 5.61. The van der Waals surface area contributed by atoms with Gasteiger partial charge in [-0.25, -0.2) is 9.97 Å². The molecule has 4 nitrogen and oxygen atoms in total. The summed E-state index contributed by atoms with van der Waals surface area (Å²) in [6.45, 7) is 2.05. The molecule has 2 heterocycles. The molecule has 0 radical (unpaired) electrons. The molecule has 0 fully saturated rings. The van der Waals surface area contributed by atoms with Crippen LogP contribution in [0.4, 0.5) is 11.6 Å². The van der Waals surface area contributed by atoms with Gasteiger partial charge in [-0.15, -0.1) is 0 Å². The number of para-hydroxylation sites is 1. The quantitative estimate of drug-likeness (QED) is 0.783. The first kappa shape index (κ1) is 12.3.